The number of halogens is 2. The van der Waals surface area contributed by atoms with E-state index in [4.69, 9.17) is 33.7 Å². The highest BCUT2D eigenvalue weighted by Gasteiger charge is 2.38. The van der Waals surface area contributed by atoms with Gasteiger partial charge in [0.05, 0.1) is 11.1 Å². The van der Waals surface area contributed by atoms with Crippen LogP contribution in [0, 0.1) is 0 Å². The second-order valence-corrected chi connectivity index (χ2v) is 8.26. The van der Waals surface area contributed by atoms with Crippen LogP contribution in [0.2, 0.25) is 10.0 Å². The van der Waals surface area contributed by atoms with E-state index >= 15 is 0 Å². The molecule has 1 heterocycles. The molecule has 6 heteroatoms. The number of carbonyl (C=O) groups excluding carboxylic acids is 1. The van der Waals surface area contributed by atoms with E-state index in [1.165, 1.54) is 4.90 Å². The third-order valence-electron chi connectivity index (χ3n) is 4.81. The number of ether oxygens (including phenoxy) is 1. The SMILES string of the molecule is CSc1cccc(-c2ccc3c(c2)OC(C(=O)c2ccc(Cl)cc2Cl)C3N)c1. The minimum atomic E-state index is -0.818. The van der Waals surface area contributed by atoms with Crippen molar-refractivity contribution in [2.24, 2.45) is 5.73 Å². The second-order valence-electron chi connectivity index (χ2n) is 6.54. The second kappa shape index (κ2) is 7.80. The van der Waals surface area contributed by atoms with E-state index in [1.807, 2.05) is 36.6 Å². The Bertz CT molecular complexity index is 1070. The molecule has 3 aromatic rings. The first-order chi connectivity index (χ1) is 13.5. The molecule has 2 N–H and O–H groups in total. The molecule has 28 heavy (non-hydrogen) atoms. The zero-order valence-electron chi connectivity index (χ0n) is 15.0. The van der Waals surface area contributed by atoms with Crippen LogP contribution in [0.4, 0.5) is 0 Å². The van der Waals surface area contributed by atoms with Crippen LogP contribution in [-0.4, -0.2) is 18.1 Å². The summed E-state index contributed by atoms with van der Waals surface area (Å²) in [7, 11) is 0. The topological polar surface area (TPSA) is 52.3 Å². The van der Waals surface area contributed by atoms with E-state index in [0.29, 0.717) is 21.4 Å². The predicted octanol–water partition coefficient (Wildman–Crippen LogP) is 6.03. The number of benzene rings is 3. The summed E-state index contributed by atoms with van der Waals surface area (Å²) in [5.74, 6) is 0.374. The summed E-state index contributed by atoms with van der Waals surface area (Å²) in [6.07, 6.45) is 1.23. The van der Waals surface area contributed by atoms with Crippen LogP contribution in [-0.2, 0) is 0 Å². The van der Waals surface area contributed by atoms with Crippen molar-refractivity contribution in [2.45, 2.75) is 17.0 Å². The van der Waals surface area contributed by atoms with Gasteiger partial charge in [0.1, 0.15) is 5.75 Å². The van der Waals surface area contributed by atoms with Crippen molar-refractivity contribution >= 4 is 40.7 Å². The highest BCUT2D eigenvalue weighted by atomic mass is 35.5. The Kier molecular flexibility index (Phi) is 5.39. The zero-order chi connectivity index (χ0) is 19.8. The van der Waals surface area contributed by atoms with E-state index in [-0.39, 0.29) is 5.78 Å². The third kappa shape index (κ3) is 3.53. The molecule has 0 saturated carbocycles. The van der Waals surface area contributed by atoms with Crippen molar-refractivity contribution < 1.29 is 9.53 Å². The first-order valence-corrected chi connectivity index (χ1v) is 10.7. The van der Waals surface area contributed by atoms with Crippen LogP contribution in [0.5, 0.6) is 5.75 Å². The summed E-state index contributed by atoms with van der Waals surface area (Å²) in [5, 5.41) is 0.761. The Morgan fingerprint density at radius 2 is 1.82 bits per heavy atom. The maximum Gasteiger partial charge on any atom is 0.206 e. The van der Waals surface area contributed by atoms with Gasteiger partial charge in [0.15, 0.2) is 6.10 Å². The molecule has 0 spiro atoms. The molecule has 2 atom stereocenters. The molecule has 0 amide bonds. The largest absolute Gasteiger partial charge is 0.480 e. The maximum absolute atomic E-state index is 13.0. The first kappa shape index (κ1) is 19.3. The van der Waals surface area contributed by atoms with Crippen LogP contribution in [0.1, 0.15) is 22.0 Å². The smallest absolute Gasteiger partial charge is 0.206 e. The number of fused-ring (bicyclic) bond motifs is 1. The molecular weight excluding hydrogens is 413 g/mol. The molecule has 0 fully saturated rings. The van der Waals surface area contributed by atoms with Gasteiger partial charge < -0.3 is 10.5 Å². The Morgan fingerprint density at radius 1 is 1.04 bits per heavy atom. The quantitative estimate of drug-likeness (QED) is 0.406. The van der Waals surface area contributed by atoms with E-state index in [2.05, 4.69) is 12.1 Å². The number of rotatable bonds is 4. The lowest BCUT2D eigenvalue weighted by Crippen LogP contribution is -2.33. The van der Waals surface area contributed by atoms with Crippen molar-refractivity contribution in [3.63, 3.8) is 0 Å². The van der Waals surface area contributed by atoms with Gasteiger partial charge >= 0.3 is 0 Å². The molecule has 0 aliphatic carbocycles. The van der Waals surface area contributed by atoms with Crippen LogP contribution in [0.15, 0.2) is 65.6 Å². The lowest BCUT2D eigenvalue weighted by atomic mass is 9.96. The summed E-state index contributed by atoms with van der Waals surface area (Å²) in [6, 6.07) is 18.4. The van der Waals surface area contributed by atoms with Crippen molar-refractivity contribution in [2.75, 3.05) is 6.26 Å². The number of carbonyl (C=O) groups is 1. The fourth-order valence-electron chi connectivity index (χ4n) is 3.33. The Hall–Kier alpha value is -1.98. The molecule has 0 bridgehead atoms. The molecule has 142 valence electrons. The summed E-state index contributed by atoms with van der Waals surface area (Å²) < 4.78 is 5.97. The molecule has 0 aromatic heterocycles. The van der Waals surface area contributed by atoms with Gasteiger partial charge in [0.25, 0.3) is 0 Å². The van der Waals surface area contributed by atoms with Crippen molar-refractivity contribution in [3.8, 4) is 16.9 Å². The summed E-state index contributed by atoms with van der Waals surface area (Å²) in [4.78, 5) is 14.1. The number of nitrogens with two attached hydrogens (primary N) is 1. The first-order valence-electron chi connectivity index (χ1n) is 8.68. The van der Waals surface area contributed by atoms with Gasteiger partial charge in [-0.3, -0.25) is 4.79 Å². The van der Waals surface area contributed by atoms with Crippen LogP contribution in [0.3, 0.4) is 0 Å². The summed E-state index contributed by atoms with van der Waals surface area (Å²) in [6.45, 7) is 0. The maximum atomic E-state index is 13.0. The van der Waals surface area contributed by atoms with E-state index < -0.39 is 12.1 Å². The Morgan fingerprint density at radius 3 is 2.57 bits per heavy atom. The van der Waals surface area contributed by atoms with Crippen molar-refractivity contribution in [1.29, 1.82) is 0 Å². The summed E-state index contributed by atoms with van der Waals surface area (Å²) >= 11 is 13.8. The van der Waals surface area contributed by atoms with E-state index in [9.17, 15) is 4.79 Å². The Labute approximate surface area is 177 Å². The Balaban J connectivity index is 1.64. The van der Waals surface area contributed by atoms with Crippen LogP contribution in [0.25, 0.3) is 11.1 Å². The van der Waals surface area contributed by atoms with Gasteiger partial charge in [-0.05, 0) is 53.8 Å². The molecule has 0 saturated heterocycles. The third-order valence-corrected chi connectivity index (χ3v) is 6.08. The van der Waals surface area contributed by atoms with Gasteiger partial charge in [-0.25, -0.2) is 0 Å². The van der Waals surface area contributed by atoms with E-state index in [0.717, 1.165) is 16.7 Å². The fourth-order valence-corrected chi connectivity index (χ4v) is 4.29. The number of hydrogen-bond donors (Lipinski definition) is 1. The number of Topliss-reactive ketones (excluding diaryl/α,β-unsaturated/α-hetero) is 1. The molecule has 2 unspecified atom stereocenters. The highest BCUT2D eigenvalue weighted by Crippen LogP contribution is 2.40. The van der Waals surface area contributed by atoms with E-state index in [1.54, 1.807) is 30.0 Å². The molecule has 0 radical (unpaired) electrons. The average molecular weight is 430 g/mol. The molecule has 1 aliphatic heterocycles. The average Bonchev–Trinajstić information content (AvgIpc) is 3.03. The van der Waals surface area contributed by atoms with Gasteiger partial charge in [0.2, 0.25) is 5.78 Å². The number of thioether (sulfide) groups is 1. The monoisotopic (exact) mass is 429 g/mol. The van der Waals surface area contributed by atoms with Gasteiger partial charge in [0, 0.05) is 21.0 Å². The normalized spacial score (nSPS) is 17.9. The van der Waals surface area contributed by atoms with Crippen LogP contribution >= 0.6 is 35.0 Å². The summed E-state index contributed by atoms with van der Waals surface area (Å²) in [5.41, 5.74) is 9.59. The zero-order valence-corrected chi connectivity index (χ0v) is 17.3. The molecule has 1 aliphatic rings. The van der Waals surface area contributed by atoms with Gasteiger partial charge in [-0.2, -0.15) is 0 Å². The molecule has 3 aromatic carbocycles. The predicted molar refractivity (Wildman–Crippen MR) is 116 cm³/mol. The van der Waals surface area contributed by atoms with Gasteiger partial charge in [-0.15, -0.1) is 11.8 Å². The van der Waals surface area contributed by atoms with Gasteiger partial charge in [-0.1, -0.05) is 47.5 Å². The molecule has 3 nitrogen and oxygen atoms in total. The molecular formula is C22H17Cl2NO2S. The lowest BCUT2D eigenvalue weighted by molar-refractivity contribution is 0.0795. The lowest BCUT2D eigenvalue weighted by Gasteiger charge is -2.15. The van der Waals surface area contributed by atoms with Crippen LogP contribution < -0.4 is 10.5 Å². The number of ketones is 1. The standard InChI is InChI=1S/C22H17Cl2NO2S/c1-28-15-4-2-3-12(9-15)13-5-7-17-19(10-13)27-22(20(17)25)21(26)16-8-6-14(23)11-18(16)24/h2-11,20,22H,25H2,1H3. The van der Waals surface area contributed by atoms with Crippen molar-refractivity contribution in [1.82, 2.24) is 0 Å². The minimum absolute atomic E-state index is 0.253. The highest BCUT2D eigenvalue weighted by molar-refractivity contribution is 7.98. The molecule has 4 rings (SSSR count). The fraction of sp³-hybridized carbons (Fsp3) is 0.136. The number of hydrogen-bond acceptors (Lipinski definition) is 4. The minimum Gasteiger partial charge on any atom is -0.480 e. The van der Waals surface area contributed by atoms with Crippen molar-refractivity contribution in [3.05, 3.63) is 81.8 Å².